The summed E-state index contributed by atoms with van der Waals surface area (Å²) in [4.78, 5) is 12.3. The predicted molar refractivity (Wildman–Crippen MR) is 91.1 cm³/mol. The number of fused-ring (bicyclic) bond motifs is 3. The van der Waals surface area contributed by atoms with E-state index in [1.807, 2.05) is 18.2 Å². The molecule has 0 bridgehead atoms. The van der Waals surface area contributed by atoms with Crippen molar-refractivity contribution < 1.29 is 19.6 Å². The lowest BCUT2D eigenvalue weighted by Crippen LogP contribution is -2.84. The Morgan fingerprint density at radius 1 is 1.12 bits per heavy atom. The Bertz CT molecular complexity index is 941. The molecule has 2 aromatic carbocycles. The van der Waals surface area contributed by atoms with Crippen LogP contribution in [0.25, 0.3) is 21.7 Å². The number of rotatable bonds is 4. The van der Waals surface area contributed by atoms with Crippen LogP contribution in [0, 0.1) is 0 Å². The number of phenolic OH excluding ortho intramolecular Hbond substituents is 1. The molecule has 24 heavy (non-hydrogen) atoms. The predicted octanol–water partition coefficient (Wildman–Crippen LogP) is 1.89. The van der Waals surface area contributed by atoms with Crippen LogP contribution in [0.2, 0.25) is 0 Å². The van der Waals surface area contributed by atoms with Gasteiger partial charge in [-0.3, -0.25) is 0 Å². The molecule has 1 aliphatic rings. The van der Waals surface area contributed by atoms with Crippen LogP contribution < -0.4 is 10.9 Å². The second-order valence-electron chi connectivity index (χ2n) is 6.24. The van der Waals surface area contributed by atoms with Gasteiger partial charge in [-0.05, 0) is 36.4 Å². The second-order valence-corrected chi connectivity index (χ2v) is 6.24. The molecule has 0 radical (unpaired) electrons. The van der Waals surface area contributed by atoms with Gasteiger partial charge in [0.2, 0.25) is 0 Å². The summed E-state index contributed by atoms with van der Waals surface area (Å²) in [5.41, 5.74) is 0.764. The maximum Gasteiger partial charge on any atom is 0.344 e. The first-order chi connectivity index (χ1) is 11.7. The summed E-state index contributed by atoms with van der Waals surface area (Å²) in [6, 6.07) is 10.9. The highest BCUT2D eigenvalue weighted by molar-refractivity contribution is 6.05. The molecule has 124 valence electrons. The fraction of sp³-hybridized carbons (Fsp3) is 0.316. The zero-order chi connectivity index (χ0) is 16.5. The van der Waals surface area contributed by atoms with Crippen molar-refractivity contribution in [2.75, 3.05) is 13.2 Å². The van der Waals surface area contributed by atoms with E-state index >= 15 is 0 Å². The van der Waals surface area contributed by atoms with Gasteiger partial charge in [-0.25, -0.2) is 4.79 Å². The number of nitrogens with two attached hydrogens (primary N) is 1. The molecule has 3 aromatic rings. The fourth-order valence-corrected chi connectivity index (χ4v) is 3.43. The minimum atomic E-state index is -0.371. The molecule has 1 aromatic heterocycles. The lowest BCUT2D eigenvalue weighted by Gasteiger charge is -2.11. The molecular formula is C19H20NO4+. The molecule has 4 rings (SSSR count). The van der Waals surface area contributed by atoms with Crippen LogP contribution in [0.4, 0.5) is 0 Å². The van der Waals surface area contributed by atoms with Crippen LogP contribution in [0.5, 0.6) is 5.75 Å². The molecule has 1 saturated heterocycles. The van der Waals surface area contributed by atoms with Gasteiger partial charge in [0.05, 0.1) is 10.9 Å². The number of aromatic hydroxyl groups is 1. The third-order valence-corrected chi connectivity index (χ3v) is 4.67. The maximum atomic E-state index is 12.3. The van der Waals surface area contributed by atoms with Gasteiger partial charge >= 0.3 is 5.63 Å². The first-order valence-corrected chi connectivity index (χ1v) is 8.33. The highest BCUT2D eigenvalue weighted by Gasteiger charge is 2.19. The zero-order valence-electron chi connectivity index (χ0n) is 13.3. The Morgan fingerprint density at radius 3 is 2.75 bits per heavy atom. The Labute approximate surface area is 138 Å². The van der Waals surface area contributed by atoms with E-state index in [1.165, 1.54) is 0 Å². The molecule has 0 saturated carbocycles. The summed E-state index contributed by atoms with van der Waals surface area (Å²) < 4.78 is 11.2. The van der Waals surface area contributed by atoms with Crippen LogP contribution in [-0.2, 0) is 11.3 Å². The number of ether oxygens (including phenoxy) is 1. The Kier molecular flexibility index (Phi) is 3.96. The van der Waals surface area contributed by atoms with Crippen molar-refractivity contribution in [2.24, 2.45) is 0 Å². The summed E-state index contributed by atoms with van der Waals surface area (Å²) >= 11 is 0. The van der Waals surface area contributed by atoms with Crippen molar-refractivity contribution >= 4 is 21.7 Å². The monoisotopic (exact) mass is 326 g/mol. The van der Waals surface area contributed by atoms with Gasteiger partial charge in [-0.2, -0.15) is 0 Å². The van der Waals surface area contributed by atoms with Crippen LogP contribution in [0.15, 0.2) is 45.6 Å². The molecular weight excluding hydrogens is 306 g/mol. The van der Waals surface area contributed by atoms with E-state index in [4.69, 9.17) is 9.15 Å². The van der Waals surface area contributed by atoms with Crippen molar-refractivity contribution in [2.45, 2.75) is 25.5 Å². The molecule has 0 aliphatic carbocycles. The van der Waals surface area contributed by atoms with Gasteiger partial charge in [0.25, 0.3) is 0 Å². The van der Waals surface area contributed by atoms with Crippen LogP contribution in [-0.4, -0.2) is 24.4 Å². The van der Waals surface area contributed by atoms with Crippen molar-refractivity contribution in [3.63, 3.8) is 0 Å². The maximum absolute atomic E-state index is 12.3. The topological polar surface area (TPSA) is 76.3 Å². The number of benzene rings is 2. The number of hydrogen-bond acceptors (Lipinski definition) is 4. The SMILES string of the molecule is O=c1oc2c(C[NH2+]C[C@H]3CCCO3)c(O)ccc2c2ccccc12. The summed E-state index contributed by atoms with van der Waals surface area (Å²) in [5.74, 6) is 0.157. The van der Waals surface area contributed by atoms with Crippen molar-refractivity contribution in [1.29, 1.82) is 0 Å². The Morgan fingerprint density at radius 2 is 1.96 bits per heavy atom. The largest absolute Gasteiger partial charge is 0.507 e. The molecule has 0 amide bonds. The fourth-order valence-electron chi connectivity index (χ4n) is 3.43. The molecule has 3 N–H and O–H groups in total. The molecule has 1 fully saturated rings. The van der Waals surface area contributed by atoms with E-state index in [0.29, 0.717) is 23.1 Å². The normalized spacial score (nSPS) is 17.8. The molecule has 0 unspecified atom stereocenters. The van der Waals surface area contributed by atoms with Gasteiger partial charge in [0, 0.05) is 12.0 Å². The van der Waals surface area contributed by atoms with Crippen LogP contribution in [0.3, 0.4) is 0 Å². The van der Waals surface area contributed by atoms with Crippen molar-refractivity contribution in [1.82, 2.24) is 0 Å². The quantitative estimate of drug-likeness (QED) is 0.567. The van der Waals surface area contributed by atoms with E-state index in [0.717, 1.165) is 36.8 Å². The highest BCUT2D eigenvalue weighted by Crippen LogP contribution is 2.30. The number of phenols is 1. The first-order valence-electron chi connectivity index (χ1n) is 8.33. The summed E-state index contributed by atoms with van der Waals surface area (Å²) in [6.07, 6.45) is 2.46. The number of hydrogen-bond donors (Lipinski definition) is 2. The van der Waals surface area contributed by atoms with E-state index in [2.05, 4.69) is 5.32 Å². The lowest BCUT2D eigenvalue weighted by atomic mass is 10.0. The van der Waals surface area contributed by atoms with E-state index in [-0.39, 0.29) is 17.5 Å². The van der Waals surface area contributed by atoms with Gasteiger partial charge in [0.1, 0.15) is 24.9 Å². The standard InChI is InChI=1S/C19H19NO4/c21-17-8-7-14-13-5-1-2-6-15(13)19(22)24-18(14)16(17)11-20-10-12-4-3-9-23-12/h1-2,5-8,12,20-21H,3-4,9-11H2/p+1/t12-/m1/s1. The minimum absolute atomic E-state index is 0.157. The first kappa shape index (κ1) is 15.2. The third kappa shape index (κ3) is 2.66. The average molecular weight is 326 g/mol. The molecule has 1 atom stereocenters. The molecule has 5 heteroatoms. The highest BCUT2D eigenvalue weighted by atomic mass is 16.5. The van der Waals surface area contributed by atoms with Crippen molar-refractivity contribution in [3.05, 3.63) is 52.4 Å². The second kappa shape index (κ2) is 6.26. The van der Waals surface area contributed by atoms with E-state index in [9.17, 15) is 9.90 Å². The Hall–Kier alpha value is -2.37. The molecule has 2 heterocycles. The summed E-state index contributed by atoms with van der Waals surface area (Å²) in [6.45, 7) is 2.22. The minimum Gasteiger partial charge on any atom is -0.507 e. The van der Waals surface area contributed by atoms with Crippen LogP contribution >= 0.6 is 0 Å². The summed E-state index contributed by atoms with van der Waals surface area (Å²) in [5, 5.41) is 14.6. The molecule has 5 nitrogen and oxygen atoms in total. The van der Waals surface area contributed by atoms with Gasteiger partial charge < -0.3 is 19.6 Å². The van der Waals surface area contributed by atoms with Gasteiger partial charge in [-0.15, -0.1) is 0 Å². The molecule has 0 spiro atoms. The number of quaternary nitrogens is 1. The lowest BCUT2D eigenvalue weighted by molar-refractivity contribution is -0.676. The molecule has 1 aliphatic heterocycles. The van der Waals surface area contributed by atoms with E-state index < -0.39 is 0 Å². The van der Waals surface area contributed by atoms with Crippen LogP contribution in [0.1, 0.15) is 18.4 Å². The van der Waals surface area contributed by atoms with Gasteiger partial charge in [0.15, 0.2) is 5.58 Å². The van der Waals surface area contributed by atoms with Crippen molar-refractivity contribution in [3.8, 4) is 5.75 Å². The average Bonchev–Trinajstić information content (AvgIpc) is 3.11. The van der Waals surface area contributed by atoms with E-state index in [1.54, 1.807) is 18.2 Å². The van der Waals surface area contributed by atoms with Gasteiger partial charge in [-0.1, -0.05) is 18.2 Å². The summed E-state index contributed by atoms with van der Waals surface area (Å²) in [7, 11) is 0. The smallest absolute Gasteiger partial charge is 0.344 e. The zero-order valence-corrected chi connectivity index (χ0v) is 13.3. The Balaban J connectivity index is 1.73. The third-order valence-electron chi connectivity index (χ3n) is 4.67.